The van der Waals surface area contributed by atoms with Gasteiger partial charge >= 0.3 is 5.97 Å². The van der Waals surface area contributed by atoms with Gasteiger partial charge in [-0.2, -0.15) is 4.68 Å². The molecule has 1 atom stereocenters. The molecule has 34 heavy (non-hydrogen) atoms. The van der Waals surface area contributed by atoms with Crippen LogP contribution in [-0.4, -0.2) is 59.9 Å². The molecule has 0 radical (unpaired) electrons. The first kappa shape index (κ1) is 22.8. The molecule has 0 unspecified atom stereocenters. The lowest BCUT2D eigenvalue weighted by atomic mass is 9.88. The number of rotatable bonds is 8. The van der Waals surface area contributed by atoms with Crippen molar-refractivity contribution in [3.8, 4) is 17.2 Å². The number of hydrogen-bond donors (Lipinski definition) is 1. The first-order valence-corrected chi connectivity index (χ1v) is 10.4. The topological polar surface area (TPSA) is 127 Å². The number of carbonyl (C=O) groups is 2. The Hall–Kier alpha value is -4.41. The number of nitrogens with one attached hydrogen (secondary N) is 1. The van der Waals surface area contributed by atoms with Crippen LogP contribution in [0, 0.1) is 0 Å². The highest BCUT2D eigenvalue weighted by atomic mass is 16.5. The van der Waals surface area contributed by atoms with Crippen LogP contribution in [0.3, 0.4) is 0 Å². The van der Waals surface area contributed by atoms with E-state index in [1.165, 1.54) is 26.0 Å². The Balaban J connectivity index is 1.94. The van der Waals surface area contributed by atoms with Gasteiger partial charge in [-0.15, -0.1) is 0 Å². The maximum atomic E-state index is 13.9. The zero-order chi connectivity index (χ0) is 24.2. The van der Waals surface area contributed by atoms with E-state index >= 15 is 0 Å². The zero-order valence-corrected chi connectivity index (χ0v) is 19.1. The molecular formula is C23H23N5O6. The normalized spacial score (nSPS) is 14.6. The highest BCUT2D eigenvalue weighted by Crippen LogP contribution is 2.41. The predicted molar refractivity (Wildman–Crippen MR) is 120 cm³/mol. The van der Waals surface area contributed by atoms with Crippen molar-refractivity contribution in [3.05, 3.63) is 64.9 Å². The molecule has 0 aliphatic carbocycles. The molecule has 3 aromatic rings. The van der Waals surface area contributed by atoms with Gasteiger partial charge in [-0.25, -0.2) is 4.79 Å². The molecule has 1 N–H and O–H groups in total. The summed E-state index contributed by atoms with van der Waals surface area (Å²) in [5, 5.41) is 14.6. The van der Waals surface area contributed by atoms with E-state index in [1.54, 1.807) is 42.5 Å². The van der Waals surface area contributed by atoms with Crippen molar-refractivity contribution in [2.24, 2.45) is 0 Å². The minimum Gasteiger partial charge on any atom is -0.497 e. The fourth-order valence-electron chi connectivity index (χ4n) is 3.75. The monoisotopic (exact) mass is 465 g/mol. The van der Waals surface area contributed by atoms with Gasteiger partial charge in [0.05, 0.1) is 33.5 Å². The third kappa shape index (κ3) is 4.03. The van der Waals surface area contributed by atoms with Crippen LogP contribution in [0.25, 0.3) is 0 Å². The summed E-state index contributed by atoms with van der Waals surface area (Å²) in [4.78, 5) is 26.7. The average Bonchev–Trinajstić information content (AvgIpc) is 3.35. The van der Waals surface area contributed by atoms with Crippen molar-refractivity contribution in [3.63, 3.8) is 0 Å². The Kier molecular flexibility index (Phi) is 6.44. The van der Waals surface area contributed by atoms with E-state index in [0.717, 1.165) is 0 Å². The molecule has 0 saturated carbocycles. The smallest absolute Gasteiger partial charge is 0.355 e. The first-order valence-electron chi connectivity index (χ1n) is 10.4. The SMILES string of the molecule is CCOc1ccc(C(=O)C2=C(C(=O)OC)Nc3nnnn3[C@@H]2c2cc(OC)ccc2OC)cc1. The minimum absolute atomic E-state index is 0.0708. The number of nitrogens with zero attached hydrogens (tertiary/aromatic N) is 4. The summed E-state index contributed by atoms with van der Waals surface area (Å²) < 4.78 is 22.8. The van der Waals surface area contributed by atoms with Gasteiger partial charge in [0.2, 0.25) is 5.95 Å². The zero-order valence-electron chi connectivity index (χ0n) is 19.1. The Bertz CT molecular complexity index is 1250. The third-order valence-corrected chi connectivity index (χ3v) is 5.31. The van der Waals surface area contributed by atoms with Crippen LogP contribution >= 0.6 is 0 Å². The van der Waals surface area contributed by atoms with Gasteiger partial charge in [-0.1, -0.05) is 5.10 Å². The fraction of sp³-hybridized carbons (Fsp3) is 0.261. The molecule has 0 bridgehead atoms. The van der Waals surface area contributed by atoms with Crippen LogP contribution in [0.4, 0.5) is 5.95 Å². The first-order chi connectivity index (χ1) is 16.5. The number of allylic oxidation sites excluding steroid dienone is 1. The van der Waals surface area contributed by atoms with Gasteiger partial charge in [0.25, 0.3) is 0 Å². The van der Waals surface area contributed by atoms with E-state index in [1.807, 2.05) is 6.92 Å². The van der Waals surface area contributed by atoms with E-state index in [4.69, 9.17) is 18.9 Å². The van der Waals surface area contributed by atoms with Gasteiger partial charge in [-0.3, -0.25) is 4.79 Å². The number of Topliss-reactive ketones (excluding diaryl/α,β-unsaturated/α-hetero) is 1. The fourth-order valence-corrected chi connectivity index (χ4v) is 3.75. The summed E-state index contributed by atoms with van der Waals surface area (Å²) in [5.41, 5.74) is 0.874. The lowest BCUT2D eigenvalue weighted by Gasteiger charge is -2.29. The van der Waals surface area contributed by atoms with E-state index in [9.17, 15) is 9.59 Å². The number of fused-ring (bicyclic) bond motifs is 1. The van der Waals surface area contributed by atoms with E-state index in [-0.39, 0.29) is 17.2 Å². The molecular weight excluding hydrogens is 442 g/mol. The molecule has 1 aliphatic rings. The van der Waals surface area contributed by atoms with Crippen molar-refractivity contribution >= 4 is 17.7 Å². The highest BCUT2D eigenvalue weighted by Gasteiger charge is 2.40. The Morgan fingerprint density at radius 3 is 2.41 bits per heavy atom. The number of benzene rings is 2. The summed E-state index contributed by atoms with van der Waals surface area (Å²) in [7, 11) is 4.26. The summed E-state index contributed by atoms with van der Waals surface area (Å²) >= 11 is 0. The number of anilines is 1. The standard InChI is InChI=1S/C23H23N5O6/c1-5-34-14-8-6-13(7-9-14)21(29)18-19(22(30)33-4)24-23-25-26-27-28(23)20(18)16-12-15(31-2)10-11-17(16)32-3/h6-12,20H,5H2,1-4H3,(H,24,25,27)/t20-/m1/s1. The van der Waals surface area contributed by atoms with E-state index in [2.05, 4.69) is 20.8 Å². The van der Waals surface area contributed by atoms with Gasteiger partial charge in [-0.05, 0) is 59.8 Å². The van der Waals surface area contributed by atoms with E-state index < -0.39 is 17.8 Å². The largest absolute Gasteiger partial charge is 0.497 e. The predicted octanol–water partition coefficient (Wildman–Crippen LogP) is 2.41. The second kappa shape index (κ2) is 9.61. The van der Waals surface area contributed by atoms with Gasteiger partial charge in [0, 0.05) is 11.1 Å². The van der Waals surface area contributed by atoms with Crippen molar-refractivity contribution in [2.45, 2.75) is 13.0 Å². The van der Waals surface area contributed by atoms with Crippen molar-refractivity contribution in [1.29, 1.82) is 0 Å². The average molecular weight is 465 g/mol. The third-order valence-electron chi connectivity index (χ3n) is 5.31. The Morgan fingerprint density at radius 1 is 1.03 bits per heavy atom. The van der Waals surface area contributed by atoms with Crippen molar-refractivity contribution in [1.82, 2.24) is 20.2 Å². The molecule has 1 aromatic heterocycles. The summed E-state index contributed by atoms with van der Waals surface area (Å²) in [6.45, 7) is 2.37. The summed E-state index contributed by atoms with van der Waals surface area (Å²) in [6.07, 6.45) is 0. The number of esters is 1. The van der Waals surface area contributed by atoms with Crippen LogP contribution in [0.2, 0.25) is 0 Å². The second-order valence-corrected chi connectivity index (χ2v) is 7.15. The highest BCUT2D eigenvalue weighted by molar-refractivity contribution is 6.15. The molecule has 11 nitrogen and oxygen atoms in total. The van der Waals surface area contributed by atoms with Crippen molar-refractivity contribution < 1.29 is 28.5 Å². The number of carbonyl (C=O) groups excluding carboxylic acids is 2. The van der Waals surface area contributed by atoms with Crippen LogP contribution in [0.15, 0.2) is 53.7 Å². The maximum Gasteiger partial charge on any atom is 0.355 e. The molecule has 4 rings (SSSR count). The molecule has 176 valence electrons. The molecule has 1 aliphatic heterocycles. The van der Waals surface area contributed by atoms with Crippen molar-refractivity contribution in [2.75, 3.05) is 33.3 Å². The molecule has 0 amide bonds. The number of tetrazole rings is 1. The van der Waals surface area contributed by atoms with Crippen LogP contribution < -0.4 is 19.5 Å². The number of ether oxygens (including phenoxy) is 4. The number of methoxy groups -OCH3 is 3. The second-order valence-electron chi connectivity index (χ2n) is 7.15. The van der Waals surface area contributed by atoms with Crippen LogP contribution in [-0.2, 0) is 9.53 Å². The minimum atomic E-state index is -0.913. The molecule has 0 saturated heterocycles. The van der Waals surface area contributed by atoms with Gasteiger partial charge < -0.3 is 24.3 Å². The molecule has 11 heteroatoms. The quantitative estimate of drug-likeness (QED) is 0.391. The van der Waals surface area contributed by atoms with Gasteiger partial charge in [0.15, 0.2) is 5.78 Å². The lowest BCUT2D eigenvalue weighted by Crippen LogP contribution is -2.33. The number of hydrogen-bond acceptors (Lipinski definition) is 10. The summed E-state index contributed by atoms with van der Waals surface area (Å²) in [5.74, 6) is 0.601. The molecule has 0 spiro atoms. The molecule has 2 aromatic carbocycles. The number of ketones is 1. The summed E-state index contributed by atoms with van der Waals surface area (Å²) in [6, 6.07) is 10.9. The Morgan fingerprint density at radius 2 is 1.76 bits per heavy atom. The number of aromatic nitrogens is 4. The lowest BCUT2D eigenvalue weighted by molar-refractivity contribution is -0.136. The Labute approximate surface area is 195 Å². The molecule has 0 fully saturated rings. The van der Waals surface area contributed by atoms with Crippen LogP contribution in [0.5, 0.6) is 17.2 Å². The molecule has 2 heterocycles. The van der Waals surface area contributed by atoms with Crippen LogP contribution in [0.1, 0.15) is 28.9 Å². The van der Waals surface area contributed by atoms with E-state index in [0.29, 0.717) is 35.0 Å². The maximum absolute atomic E-state index is 13.9. The van der Waals surface area contributed by atoms with Gasteiger partial charge in [0.1, 0.15) is 29.0 Å².